The molecule has 0 aliphatic heterocycles. The number of sulfonamides is 1. The van der Waals surface area contributed by atoms with Crippen LogP contribution in [0.15, 0.2) is 12.1 Å². The van der Waals surface area contributed by atoms with E-state index in [0.29, 0.717) is 15.7 Å². The van der Waals surface area contributed by atoms with E-state index in [0.717, 1.165) is 11.8 Å². The molecular formula is C10H13Cl2NO2S. The van der Waals surface area contributed by atoms with Gasteiger partial charge in [0, 0.05) is 5.02 Å². The number of nitrogens with one attached hydrogen (secondary N) is 1. The molecular weight excluding hydrogens is 269 g/mol. The minimum absolute atomic E-state index is 0.125. The fraction of sp³-hybridized carbons (Fsp3) is 0.400. The number of benzene rings is 1. The van der Waals surface area contributed by atoms with Crippen LogP contribution in [0.5, 0.6) is 0 Å². The smallest absolute Gasteiger partial charge is 0.229 e. The van der Waals surface area contributed by atoms with Crippen LogP contribution in [-0.4, -0.2) is 14.7 Å². The fourth-order valence-corrected chi connectivity index (χ4v) is 2.55. The summed E-state index contributed by atoms with van der Waals surface area (Å²) in [6, 6.07) is 3.23. The Labute approximate surface area is 106 Å². The summed E-state index contributed by atoms with van der Waals surface area (Å²) in [5.74, 6) is 0.125. The molecule has 0 fully saturated rings. The lowest BCUT2D eigenvalue weighted by molar-refractivity contribution is 0.606. The molecule has 0 saturated carbocycles. The Balaban J connectivity index is 3.36. The molecule has 0 spiro atoms. The summed E-state index contributed by atoms with van der Waals surface area (Å²) < 4.78 is 24.8. The number of anilines is 1. The molecule has 6 heteroatoms. The molecule has 1 aromatic carbocycles. The number of hydrogen-bond donors (Lipinski definition) is 1. The van der Waals surface area contributed by atoms with Crippen molar-refractivity contribution in [2.45, 2.75) is 19.8 Å². The lowest BCUT2D eigenvalue weighted by atomic mass is 10.0. The van der Waals surface area contributed by atoms with Gasteiger partial charge < -0.3 is 0 Å². The highest BCUT2D eigenvalue weighted by Crippen LogP contribution is 2.34. The highest BCUT2D eigenvalue weighted by atomic mass is 35.5. The summed E-state index contributed by atoms with van der Waals surface area (Å²) in [7, 11) is -3.35. The molecule has 0 radical (unpaired) electrons. The summed E-state index contributed by atoms with van der Waals surface area (Å²) in [5.41, 5.74) is 1.19. The maximum atomic E-state index is 11.2. The maximum absolute atomic E-state index is 11.2. The predicted molar refractivity (Wildman–Crippen MR) is 69.0 cm³/mol. The SMILES string of the molecule is CC(C)c1cc(Cl)cc(Cl)c1NS(C)(=O)=O. The Bertz CT molecular complexity index is 498. The molecule has 0 aliphatic carbocycles. The van der Waals surface area contributed by atoms with Crippen molar-refractivity contribution in [3.63, 3.8) is 0 Å². The topological polar surface area (TPSA) is 46.2 Å². The van der Waals surface area contributed by atoms with Gasteiger partial charge in [0.15, 0.2) is 0 Å². The predicted octanol–water partition coefficient (Wildman–Crippen LogP) is 3.49. The highest BCUT2D eigenvalue weighted by Gasteiger charge is 2.15. The molecule has 16 heavy (non-hydrogen) atoms. The van der Waals surface area contributed by atoms with E-state index in [-0.39, 0.29) is 5.92 Å². The third-order valence-corrected chi connectivity index (χ3v) is 3.09. The van der Waals surface area contributed by atoms with Gasteiger partial charge in [-0.15, -0.1) is 0 Å². The lowest BCUT2D eigenvalue weighted by Crippen LogP contribution is -2.12. The van der Waals surface area contributed by atoms with Gasteiger partial charge in [0.25, 0.3) is 0 Å². The van der Waals surface area contributed by atoms with Crippen molar-refractivity contribution in [2.75, 3.05) is 11.0 Å². The van der Waals surface area contributed by atoms with E-state index in [1.54, 1.807) is 6.07 Å². The highest BCUT2D eigenvalue weighted by molar-refractivity contribution is 7.92. The summed E-state index contributed by atoms with van der Waals surface area (Å²) in [6.45, 7) is 3.88. The van der Waals surface area contributed by atoms with E-state index in [9.17, 15) is 8.42 Å². The number of halogens is 2. The molecule has 1 aromatic rings. The third kappa shape index (κ3) is 3.54. The molecule has 0 heterocycles. The third-order valence-electron chi connectivity index (χ3n) is 1.99. The Hall–Kier alpha value is -0.450. The van der Waals surface area contributed by atoms with Gasteiger partial charge in [-0.05, 0) is 23.6 Å². The minimum atomic E-state index is -3.35. The van der Waals surface area contributed by atoms with Gasteiger partial charge in [0.2, 0.25) is 10.0 Å². The van der Waals surface area contributed by atoms with Crippen LogP contribution in [0.2, 0.25) is 10.0 Å². The molecule has 1 N–H and O–H groups in total. The molecule has 0 aromatic heterocycles. The van der Waals surface area contributed by atoms with Crippen molar-refractivity contribution in [2.24, 2.45) is 0 Å². The second kappa shape index (κ2) is 4.82. The fourth-order valence-electron chi connectivity index (χ4n) is 1.34. The first-order chi connectivity index (χ1) is 7.20. The van der Waals surface area contributed by atoms with Gasteiger partial charge in [0.1, 0.15) is 0 Å². The van der Waals surface area contributed by atoms with Crippen LogP contribution < -0.4 is 4.72 Å². The zero-order valence-corrected chi connectivity index (χ0v) is 11.5. The van der Waals surface area contributed by atoms with E-state index >= 15 is 0 Å². The Morgan fingerprint density at radius 3 is 2.25 bits per heavy atom. The van der Waals surface area contributed by atoms with Crippen LogP contribution in [-0.2, 0) is 10.0 Å². The van der Waals surface area contributed by atoms with E-state index in [1.807, 2.05) is 13.8 Å². The quantitative estimate of drug-likeness (QED) is 0.922. The second-order valence-corrected chi connectivity index (χ2v) is 6.47. The number of rotatable bonds is 3. The van der Waals surface area contributed by atoms with Gasteiger partial charge >= 0.3 is 0 Å². The summed E-state index contributed by atoms with van der Waals surface area (Å²) in [5, 5.41) is 0.800. The molecule has 1 rings (SSSR count). The zero-order valence-electron chi connectivity index (χ0n) is 9.21. The van der Waals surface area contributed by atoms with Crippen LogP contribution in [0.3, 0.4) is 0 Å². The van der Waals surface area contributed by atoms with E-state index < -0.39 is 10.0 Å². The van der Waals surface area contributed by atoms with Crippen molar-refractivity contribution in [3.05, 3.63) is 27.7 Å². The Morgan fingerprint density at radius 1 is 1.25 bits per heavy atom. The Kier molecular flexibility index (Phi) is 4.10. The molecule has 90 valence electrons. The van der Waals surface area contributed by atoms with Crippen molar-refractivity contribution in [3.8, 4) is 0 Å². The molecule has 0 bridgehead atoms. The molecule has 0 amide bonds. The largest absolute Gasteiger partial charge is 0.282 e. The number of hydrogen-bond acceptors (Lipinski definition) is 2. The average Bonchev–Trinajstić information content (AvgIpc) is 2.07. The van der Waals surface area contributed by atoms with E-state index in [1.165, 1.54) is 6.07 Å². The van der Waals surface area contributed by atoms with Crippen molar-refractivity contribution in [1.29, 1.82) is 0 Å². The van der Waals surface area contributed by atoms with Crippen LogP contribution in [0.1, 0.15) is 25.3 Å². The summed E-state index contributed by atoms with van der Waals surface area (Å²) >= 11 is 11.8. The van der Waals surface area contributed by atoms with Crippen molar-refractivity contribution < 1.29 is 8.42 Å². The average molecular weight is 282 g/mol. The first kappa shape index (κ1) is 13.6. The van der Waals surface area contributed by atoms with Crippen LogP contribution in [0.25, 0.3) is 0 Å². The Morgan fingerprint density at radius 2 is 1.81 bits per heavy atom. The van der Waals surface area contributed by atoms with Crippen LogP contribution in [0.4, 0.5) is 5.69 Å². The van der Waals surface area contributed by atoms with Crippen LogP contribution in [0, 0.1) is 0 Å². The van der Waals surface area contributed by atoms with E-state index in [2.05, 4.69) is 4.72 Å². The van der Waals surface area contributed by atoms with Gasteiger partial charge in [-0.25, -0.2) is 8.42 Å². The minimum Gasteiger partial charge on any atom is -0.282 e. The molecule has 0 atom stereocenters. The van der Waals surface area contributed by atoms with E-state index in [4.69, 9.17) is 23.2 Å². The second-order valence-electron chi connectivity index (χ2n) is 3.88. The first-order valence-corrected chi connectivity index (χ1v) is 7.32. The monoisotopic (exact) mass is 281 g/mol. The van der Waals surface area contributed by atoms with Crippen molar-refractivity contribution in [1.82, 2.24) is 0 Å². The summed E-state index contributed by atoms with van der Waals surface area (Å²) in [6.07, 6.45) is 1.09. The molecule has 3 nitrogen and oxygen atoms in total. The molecule has 0 saturated heterocycles. The first-order valence-electron chi connectivity index (χ1n) is 4.67. The molecule has 0 aliphatic rings. The zero-order chi connectivity index (χ0) is 12.5. The van der Waals surface area contributed by atoms with Crippen molar-refractivity contribution >= 4 is 38.9 Å². The van der Waals surface area contributed by atoms with Gasteiger partial charge in [-0.1, -0.05) is 37.0 Å². The molecule has 0 unspecified atom stereocenters. The summed E-state index contributed by atoms with van der Waals surface area (Å²) in [4.78, 5) is 0. The standard InChI is InChI=1S/C10H13Cl2NO2S/c1-6(2)8-4-7(11)5-9(12)10(8)13-16(3,14)15/h4-6,13H,1-3H3. The normalized spacial score (nSPS) is 11.9. The van der Waals surface area contributed by atoms with Crippen LogP contribution >= 0.6 is 23.2 Å². The maximum Gasteiger partial charge on any atom is 0.229 e. The lowest BCUT2D eigenvalue weighted by Gasteiger charge is -2.15. The van der Waals surface area contributed by atoms with Gasteiger partial charge in [-0.3, -0.25) is 4.72 Å². The van der Waals surface area contributed by atoms with Gasteiger partial charge in [-0.2, -0.15) is 0 Å². The van der Waals surface area contributed by atoms with Gasteiger partial charge in [0.05, 0.1) is 17.0 Å².